The topological polar surface area (TPSA) is 113 Å². The minimum atomic E-state index is -0.621. The number of ether oxygens (including phenoxy) is 4. The van der Waals surface area contributed by atoms with Crippen molar-refractivity contribution in [1.29, 1.82) is 0 Å². The van der Waals surface area contributed by atoms with Crippen LogP contribution in [-0.4, -0.2) is 45.2 Å². The number of ketones is 1. The van der Waals surface area contributed by atoms with Gasteiger partial charge < -0.3 is 29.7 Å². The van der Waals surface area contributed by atoms with Crippen molar-refractivity contribution in [2.45, 2.75) is 19.4 Å². The Hall–Kier alpha value is -3.00. The van der Waals surface area contributed by atoms with E-state index in [1.807, 2.05) is 0 Å². The van der Waals surface area contributed by atoms with Gasteiger partial charge in [0.2, 0.25) is 5.75 Å². The average molecular weight is 388 g/mol. The van der Waals surface area contributed by atoms with E-state index in [2.05, 4.69) is 4.98 Å². The Morgan fingerprint density at radius 2 is 1.75 bits per heavy atom. The fourth-order valence-electron chi connectivity index (χ4n) is 3.35. The average Bonchev–Trinajstić information content (AvgIpc) is 3.51. The summed E-state index contributed by atoms with van der Waals surface area (Å²) in [5.41, 5.74) is 7.95. The number of carbonyl (C=O) groups is 2. The fraction of sp³-hybridized carbons (Fsp3) is 0.400. The van der Waals surface area contributed by atoms with Crippen LogP contribution in [0.15, 0.2) is 12.1 Å². The van der Waals surface area contributed by atoms with Gasteiger partial charge in [-0.15, -0.1) is 0 Å². The van der Waals surface area contributed by atoms with Crippen LogP contribution in [0.2, 0.25) is 0 Å². The minimum absolute atomic E-state index is 0.0920. The number of nitrogens with one attached hydrogen (secondary N) is 1. The molecule has 1 fully saturated rings. The molecule has 1 aliphatic carbocycles. The molecule has 0 spiro atoms. The normalized spacial score (nSPS) is 13.2. The van der Waals surface area contributed by atoms with Crippen molar-refractivity contribution >= 4 is 11.8 Å². The molecule has 0 bridgehead atoms. The molecule has 150 valence electrons. The number of benzene rings is 1. The van der Waals surface area contributed by atoms with E-state index in [-0.39, 0.29) is 29.5 Å². The third-order valence-corrected chi connectivity index (χ3v) is 4.84. The number of esters is 1. The van der Waals surface area contributed by atoms with E-state index in [9.17, 15) is 9.59 Å². The molecule has 1 aliphatic rings. The van der Waals surface area contributed by atoms with Crippen LogP contribution in [0.4, 0.5) is 0 Å². The minimum Gasteiger partial charge on any atom is -0.493 e. The Morgan fingerprint density at radius 3 is 2.25 bits per heavy atom. The molecule has 1 aromatic heterocycles. The Bertz CT molecular complexity index is 914. The highest BCUT2D eigenvalue weighted by atomic mass is 16.5. The van der Waals surface area contributed by atoms with Crippen LogP contribution < -0.4 is 19.9 Å². The fourth-order valence-corrected chi connectivity index (χ4v) is 3.35. The highest BCUT2D eigenvalue weighted by Crippen LogP contribution is 2.48. The number of H-pyrrole nitrogens is 1. The quantitative estimate of drug-likeness (QED) is 0.528. The summed E-state index contributed by atoms with van der Waals surface area (Å²) in [5, 5.41) is 0. The van der Waals surface area contributed by atoms with Crippen molar-refractivity contribution in [2.75, 3.05) is 28.4 Å². The van der Waals surface area contributed by atoms with E-state index in [0.717, 1.165) is 12.8 Å². The van der Waals surface area contributed by atoms with Gasteiger partial charge in [-0.2, -0.15) is 0 Å². The van der Waals surface area contributed by atoms with Gasteiger partial charge in [0.05, 0.1) is 34.0 Å². The molecule has 0 aliphatic heterocycles. The SMILES string of the molecule is COC(=O)c1[nH]c(CN)c(-c2ccc(OC)c(OC)c2OC)c1C(=O)C1CC1. The van der Waals surface area contributed by atoms with Crippen molar-refractivity contribution in [2.24, 2.45) is 11.7 Å². The molecule has 0 amide bonds. The summed E-state index contributed by atoms with van der Waals surface area (Å²) < 4.78 is 21.3. The molecule has 8 nitrogen and oxygen atoms in total. The van der Waals surface area contributed by atoms with Gasteiger partial charge in [0.15, 0.2) is 17.3 Å². The molecule has 0 atom stereocenters. The smallest absolute Gasteiger partial charge is 0.355 e. The van der Waals surface area contributed by atoms with Crippen molar-refractivity contribution in [3.05, 3.63) is 29.1 Å². The van der Waals surface area contributed by atoms with E-state index >= 15 is 0 Å². The van der Waals surface area contributed by atoms with Gasteiger partial charge in [-0.25, -0.2) is 4.79 Å². The predicted octanol–water partition coefficient (Wildman–Crippen LogP) is 2.55. The maximum atomic E-state index is 13.1. The molecule has 1 heterocycles. The maximum absolute atomic E-state index is 13.1. The van der Waals surface area contributed by atoms with Crippen molar-refractivity contribution in [1.82, 2.24) is 4.98 Å². The maximum Gasteiger partial charge on any atom is 0.355 e. The molecule has 3 rings (SSSR count). The molecular weight excluding hydrogens is 364 g/mol. The predicted molar refractivity (Wildman–Crippen MR) is 102 cm³/mol. The van der Waals surface area contributed by atoms with E-state index in [1.54, 1.807) is 12.1 Å². The third-order valence-electron chi connectivity index (χ3n) is 4.84. The number of nitrogens with two attached hydrogens (primary N) is 1. The van der Waals surface area contributed by atoms with Crippen LogP contribution in [0.25, 0.3) is 11.1 Å². The molecule has 28 heavy (non-hydrogen) atoms. The Labute approximate surface area is 162 Å². The van der Waals surface area contributed by atoms with Crippen molar-refractivity contribution in [3.63, 3.8) is 0 Å². The first-order valence-corrected chi connectivity index (χ1v) is 8.89. The largest absolute Gasteiger partial charge is 0.493 e. The number of aromatic amines is 1. The van der Waals surface area contributed by atoms with Crippen LogP contribution in [0, 0.1) is 5.92 Å². The number of methoxy groups -OCH3 is 4. The Balaban J connectivity index is 2.34. The Kier molecular flexibility index (Phi) is 5.60. The zero-order valence-corrected chi connectivity index (χ0v) is 16.4. The van der Waals surface area contributed by atoms with Gasteiger partial charge in [0.1, 0.15) is 5.69 Å². The number of rotatable bonds is 8. The molecule has 8 heteroatoms. The Morgan fingerprint density at radius 1 is 1.07 bits per heavy atom. The number of hydrogen-bond donors (Lipinski definition) is 2. The molecule has 2 aromatic rings. The molecule has 3 N–H and O–H groups in total. The lowest BCUT2D eigenvalue weighted by Crippen LogP contribution is -2.11. The summed E-state index contributed by atoms with van der Waals surface area (Å²) in [6.45, 7) is 0.0920. The van der Waals surface area contributed by atoms with Gasteiger partial charge in [-0.1, -0.05) is 0 Å². The van der Waals surface area contributed by atoms with Crippen LogP contribution in [-0.2, 0) is 11.3 Å². The van der Waals surface area contributed by atoms with Gasteiger partial charge in [0.25, 0.3) is 0 Å². The second kappa shape index (κ2) is 7.93. The molecule has 0 unspecified atom stereocenters. The highest BCUT2D eigenvalue weighted by molar-refractivity contribution is 6.13. The van der Waals surface area contributed by atoms with Crippen LogP contribution in [0.5, 0.6) is 17.2 Å². The first-order valence-electron chi connectivity index (χ1n) is 8.89. The van der Waals surface area contributed by atoms with Gasteiger partial charge in [0, 0.05) is 29.3 Å². The molecule has 1 aromatic carbocycles. The van der Waals surface area contributed by atoms with Crippen LogP contribution in [0.1, 0.15) is 39.4 Å². The monoisotopic (exact) mass is 388 g/mol. The van der Waals surface area contributed by atoms with E-state index in [4.69, 9.17) is 24.7 Å². The van der Waals surface area contributed by atoms with Crippen LogP contribution >= 0.6 is 0 Å². The van der Waals surface area contributed by atoms with Gasteiger partial charge in [-0.3, -0.25) is 4.79 Å². The number of carbonyl (C=O) groups excluding carboxylic acids is 2. The summed E-state index contributed by atoms with van der Waals surface area (Å²) in [5.74, 6) is 0.423. The first kappa shape index (κ1) is 19.8. The lowest BCUT2D eigenvalue weighted by Gasteiger charge is -2.17. The van der Waals surface area contributed by atoms with Crippen molar-refractivity contribution < 1.29 is 28.5 Å². The third kappa shape index (κ3) is 3.20. The number of aromatic nitrogens is 1. The first-order chi connectivity index (χ1) is 13.5. The zero-order valence-electron chi connectivity index (χ0n) is 16.4. The summed E-state index contributed by atoms with van der Waals surface area (Å²) >= 11 is 0. The second-order valence-electron chi connectivity index (χ2n) is 6.44. The summed E-state index contributed by atoms with van der Waals surface area (Å²) in [7, 11) is 5.80. The summed E-state index contributed by atoms with van der Waals surface area (Å²) in [6, 6.07) is 3.47. The number of Topliss-reactive ketones (excluding diaryl/α,β-unsaturated/α-hetero) is 1. The second-order valence-corrected chi connectivity index (χ2v) is 6.44. The van der Waals surface area contributed by atoms with E-state index in [0.29, 0.717) is 34.1 Å². The summed E-state index contributed by atoms with van der Waals surface area (Å²) in [6.07, 6.45) is 1.59. The van der Waals surface area contributed by atoms with Gasteiger partial charge in [-0.05, 0) is 25.0 Å². The highest BCUT2D eigenvalue weighted by Gasteiger charge is 2.38. The van der Waals surface area contributed by atoms with E-state index < -0.39 is 5.97 Å². The van der Waals surface area contributed by atoms with Gasteiger partial charge >= 0.3 is 5.97 Å². The van der Waals surface area contributed by atoms with Crippen LogP contribution in [0.3, 0.4) is 0 Å². The zero-order chi connectivity index (χ0) is 20.4. The molecular formula is C20H24N2O6. The van der Waals surface area contributed by atoms with Crippen molar-refractivity contribution in [3.8, 4) is 28.4 Å². The number of hydrogen-bond acceptors (Lipinski definition) is 7. The molecule has 0 radical (unpaired) electrons. The summed E-state index contributed by atoms with van der Waals surface area (Å²) in [4.78, 5) is 28.4. The van der Waals surface area contributed by atoms with E-state index in [1.165, 1.54) is 28.4 Å². The molecule has 1 saturated carbocycles. The lowest BCUT2D eigenvalue weighted by atomic mass is 9.94. The standard InChI is InChI=1S/C20H24N2O6/c1-25-13-8-7-11(18(26-2)19(13)27-3)14-12(9-21)22-16(20(24)28-4)15(14)17(23)10-5-6-10/h7-8,10,22H,5-6,9,21H2,1-4H3. The molecule has 0 saturated heterocycles. The lowest BCUT2D eigenvalue weighted by molar-refractivity contribution is 0.0590.